The molecule has 2 N–H and O–H groups in total. The van der Waals surface area contributed by atoms with E-state index in [0.29, 0.717) is 0 Å². The van der Waals surface area contributed by atoms with Crippen molar-refractivity contribution in [3.05, 3.63) is 65.7 Å². The van der Waals surface area contributed by atoms with Gasteiger partial charge in [0, 0.05) is 5.69 Å². The average molecular weight is 295 g/mol. The number of anilines is 1. The van der Waals surface area contributed by atoms with Crippen LogP contribution in [0, 0.1) is 0 Å². The Kier molecular flexibility index (Phi) is 4.16. The monoisotopic (exact) mass is 295 g/mol. The summed E-state index contributed by atoms with van der Waals surface area (Å²) in [6.45, 7) is 0. The van der Waals surface area contributed by atoms with Crippen molar-refractivity contribution in [2.75, 3.05) is 5.32 Å². The first-order chi connectivity index (χ1) is 9.88. The molecular formula is C15H12F3NO2. The third-order valence-electron chi connectivity index (χ3n) is 2.90. The van der Waals surface area contributed by atoms with E-state index in [4.69, 9.17) is 5.11 Å². The summed E-state index contributed by atoms with van der Waals surface area (Å²) in [5.41, 5.74) is 0.308. The van der Waals surface area contributed by atoms with Crippen LogP contribution in [0.4, 0.5) is 18.9 Å². The Balaban J connectivity index is 2.26. The van der Waals surface area contributed by atoms with Gasteiger partial charge in [-0.05, 0) is 29.8 Å². The molecule has 1 unspecified atom stereocenters. The molecule has 0 amide bonds. The van der Waals surface area contributed by atoms with Gasteiger partial charge in [0.1, 0.15) is 6.04 Å². The maximum absolute atomic E-state index is 13.1. The summed E-state index contributed by atoms with van der Waals surface area (Å²) in [5, 5.41) is 11.1. The summed E-state index contributed by atoms with van der Waals surface area (Å²) in [6, 6.07) is 10.7. The second-order valence-corrected chi connectivity index (χ2v) is 4.41. The van der Waals surface area contributed by atoms with E-state index in [-0.39, 0.29) is 16.8 Å². The Hall–Kier alpha value is -2.50. The lowest BCUT2D eigenvalue weighted by Gasteiger charge is -2.23. The van der Waals surface area contributed by atoms with Crippen LogP contribution in [0.2, 0.25) is 0 Å². The molecule has 0 saturated carbocycles. The first kappa shape index (κ1) is 14.9. The molecule has 0 aromatic heterocycles. The first-order valence-electron chi connectivity index (χ1n) is 6.09. The van der Waals surface area contributed by atoms with E-state index in [9.17, 15) is 18.0 Å². The normalized spacial score (nSPS) is 12.7. The Labute approximate surface area is 119 Å². The van der Waals surface area contributed by atoms with Crippen molar-refractivity contribution in [1.82, 2.24) is 0 Å². The Bertz CT molecular complexity index is 609. The number of hydrogen-bond donors (Lipinski definition) is 2. The molecule has 3 nitrogen and oxygen atoms in total. The fraction of sp³-hybridized carbons (Fsp3) is 0.133. The minimum atomic E-state index is -4.47. The van der Waals surface area contributed by atoms with Gasteiger partial charge in [-0.15, -0.1) is 0 Å². The van der Waals surface area contributed by atoms with Crippen LogP contribution in [0.1, 0.15) is 22.0 Å². The number of alkyl halides is 3. The molecule has 2 rings (SSSR count). The number of halogens is 3. The molecule has 0 aliphatic carbocycles. The number of carbonyl (C=O) groups is 1. The van der Waals surface area contributed by atoms with Gasteiger partial charge >= 0.3 is 12.1 Å². The molecule has 0 bridgehead atoms. The van der Waals surface area contributed by atoms with Crippen molar-refractivity contribution in [2.45, 2.75) is 12.2 Å². The fourth-order valence-corrected chi connectivity index (χ4v) is 1.88. The highest BCUT2D eigenvalue weighted by Crippen LogP contribution is 2.35. The van der Waals surface area contributed by atoms with E-state index in [1.165, 1.54) is 48.5 Å². The zero-order valence-electron chi connectivity index (χ0n) is 10.8. The lowest BCUT2D eigenvalue weighted by Crippen LogP contribution is -2.27. The number of carboxylic acids is 1. The van der Waals surface area contributed by atoms with Crippen molar-refractivity contribution in [3.8, 4) is 0 Å². The van der Waals surface area contributed by atoms with Crippen LogP contribution in [-0.2, 0) is 0 Å². The van der Waals surface area contributed by atoms with Crippen molar-refractivity contribution < 1.29 is 23.1 Å². The van der Waals surface area contributed by atoms with Crippen molar-refractivity contribution in [3.63, 3.8) is 0 Å². The van der Waals surface area contributed by atoms with Crippen molar-refractivity contribution >= 4 is 11.7 Å². The van der Waals surface area contributed by atoms with Crippen LogP contribution in [0.3, 0.4) is 0 Å². The molecule has 110 valence electrons. The molecule has 2 aromatic carbocycles. The molecule has 1 atom stereocenters. The second kappa shape index (κ2) is 5.87. The van der Waals surface area contributed by atoms with Gasteiger partial charge in [-0.25, -0.2) is 4.79 Å². The molecule has 0 aliphatic rings. The minimum Gasteiger partial charge on any atom is -0.478 e. The fourth-order valence-electron chi connectivity index (χ4n) is 1.88. The van der Waals surface area contributed by atoms with Crippen molar-refractivity contribution in [2.24, 2.45) is 0 Å². The standard InChI is InChI=1S/C15H12F3NO2/c16-15(17,18)13(10-4-2-1-3-5-10)19-12-8-6-11(7-9-12)14(20)21/h1-9,13,19H,(H,20,21). The van der Waals surface area contributed by atoms with Crippen LogP contribution in [0.25, 0.3) is 0 Å². The SMILES string of the molecule is O=C(O)c1ccc(NC(c2ccccc2)C(F)(F)F)cc1. The maximum Gasteiger partial charge on any atom is 0.412 e. The highest BCUT2D eigenvalue weighted by atomic mass is 19.4. The number of benzene rings is 2. The third kappa shape index (κ3) is 3.75. The quantitative estimate of drug-likeness (QED) is 0.892. The Morgan fingerprint density at radius 1 is 1.00 bits per heavy atom. The second-order valence-electron chi connectivity index (χ2n) is 4.41. The maximum atomic E-state index is 13.1. The smallest absolute Gasteiger partial charge is 0.412 e. The molecular weight excluding hydrogens is 283 g/mol. The van der Waals surface area contributed by atoms with Gasteiger partial charge in [0.05, 0.1) is 5.56 Å². The van der Waals surface area contributed by atoms with Crippen LogP contribution in [-0.4, -0.2) is 17.3 Å². The summed E-state index contributed by atoms with van der Waals surface area (Å²) in [6.07, 6.45) is -4.47. The third-order valence-corrected chi connectivity index (χ3v) is 2.90. The number of rotatable bonds is 4. The van der Waals surface area contributed by atoms with Crippen LogP contribution in [0.5, 0.6) is 0 Å². The molecule has 21 heavy (non-hydrogen) atoms. The Morgan fingerprint density at radius 2 is 1.57 bits per heavy atom. The molecule has 0 heterocycles. The zero-order valence-corrected chi connectivity index (χ0v) is 10.8. The predicted octanol–water partition coefficient (Wildman–Crippen LogP) is 4.10. The van der Waals surface area contributed by atoms with Crippen molar-refractivity contribution in [1.29, 1.82) is 0 Å². The number of nitrogens with one attached hydrogen (secondary N) is 1. The van der Waals surface area contributed by atoms with E-state index < -0.39 is 18.2 Å². The highest BCUT2D eigenvalue weighted by molar-refractivity contribution is 5.88. The topological polar surface area (TPSA) is 49.3 Å². The molecule has 0 saturated heterocycles. The van der Waals surface area contributed by atoms with Gasteiger partial charge in [-0.1, -0.05) is 30.3 Å². The van der Waals surface area contributed by atoms with Crippen LogP contribution < -0.4 is 5.32 Å². The number of aromatic carboxylic acids is 1. The molecule has 6 heteroatoms. The van der Waals surface area contributed by atoms with Crippen LogP contribution >= 0.6 is 0 Å². The van der Waals surface area contributed by atoms with Gasteiger partial charge in [0.25, 0.3) is 0 Å². The lowest BCUT2D eigenvalue weighted by molar-refractivity contribution is -0.144. The lowest BCUT2D eigenvalue weighted by atomic mass is 10.1. The zero-order chi connectivity index (χ0) is 15.5. The summed E-state index contributed by atoms with van der Waals surface area (Å²) in [5.74, 6) is -1.13. The van der Waals surface area contributed by atoms with Gasteiger partial charge in [-0.2, -0.15) is 13.2 Å². The minimum absolute atomic E-state index is 0.0174. The molecule has 2 aromatic rings. The summed E-state index contributed by atoms with van der Waals surface area (Å²) in [7, 11) is 0. The summed E-state index contributed by atoms with van der Waals surface area (Å²) in [4.78, 5) is 10.7. The first-order valence-corrected chi connectivity index (χ1v) is 6.09. The summed E-state index contributed by atoms with van der Waals surface area (Å²) >= 11 is 0. The van der Waals surface area contributed by atoms with E-state index in [1.807, 2.05) is 0 Å². The largest absolute Gasteiger partial charge is 0.478 e. The van der Waals surface area contributed by atoms with E-state index in [1.54, 1.807) is 6.07 Å². The number of hydrogen-bond acceptors (Lipinski definition) is 2. The molecule has 0 aliphatic heterocycles. The van der Waals surface area contributed by atoms with Gasteiger partial charge < -0.3 is 10.4 Å². The Morgan fingerprint density at radius 3 is 2.05 bits per heavy atom. The molecule has 0 radical (unpaired) electrons. The van der Waals surface area contributed by atoms with Crippen LogP contribution in [0.15, 0.2) is 54.6 Å². The number of carboxylic acid groups (broad SMARTS) is 1. The van der Waals surface area contributed by atoms with E-state index >= 15 is 0 Å². The van der Waals surface area contributed by atoms with Gasteiger partial charge in [0.2, 0.25) is 0 Å². The highest BCUT2D eigenvalue weighted by Gasteiger charge is 2.40. The van der Waals surface area contributed by atoms with E-state index in [0.717, 1.165) is 0 Å². The van der Waals surface area contributed by atoms with Gasteiger partial charge in [0.15, 0.2) is 0 Å². The summed E-state index contributed by atoms with van der Waals surface area (Å²) < 4.78 is 39.4. The van der Waals surface area contributed by atoms with E-state index in [2.05, 4.69) is 5.32 Å². The van der Waals surface area contributed by atoms with Gasteiger partial charge in [-0.3, -0.25) is 0 Å². The molecule has 0 fully saturated rings. The average Bonchev–Trinajstić information content (AvgIpc) is 2.45. The molecule has 0 spiro atoms. The predicted molar refractivity (Wildman–Crippen MR) is 72.3 cm³/mol.